The molecule has 1 aromatic carbocycles. The number of benzene rings is 1. The zero-order valence-electron chi connectivity index (χ0n) is 17.5. The largest absolute Gasteiger partial charge is 0.497 e. The Morgan fingerprint density at radius 2 is 1.87 bits per heavy atom. The zero-order valence-corrected chi connectivity index (χ0v) is 17.5. The molecule has 1 aliphatic rings. The number of anilines is 2. The van der Waals surface area contributed by atoms with Gasteiger partial charge in [0.05, 0.1) is 32.7 Å². The lowest BCUT2D eigenvalue weighted by Gasteiger charge is -2.27. The van der Waals surface area contributed by atoms with Crippen molar-refractivity contribution in [3.8, 4) is 16.9 Å². The van der Waals surface area contributed by atoms with Gasteiger partial charge >= 0.3 is 0 Å². The Hall–Kier alpha value is -3.66. The Kier molecular flexibility index (Phi) is 5.13. The van der Waals surface area contributed by atoms with E-state index in [4.69, 9.17) is 19.4 Å². The number of ether oxygens (including phenoxy) is 2. The van der Waals surface area contributed by atoms with E-state index < -0.39 is 0 Å². The Balaban J connectivity index is 1.52. The molecule has 5 rings (SSSR count). The number of fused-ring (bicyclic) bond motifs is 1. The molecule has 31 heavy (non-hydrogen) atoms. The molecular formula is C21H24N8O2. The van der Waals surface area contributed by atoms with Crippen LogP contribution in [0.1, 0.15) is 5.56 Å². The molecule has 1 saturated heterocycles. The third-order valence-corrected chi connectivity index (χ3v) is 5.28. The SMILES string of the molecule is COc1ccc(CNc2nc(N3CCOCC3)nc3c(-c4cnn(C)c4)cnn23)cc1. The van der Waals surface area contributed by atoms with Crippen molar-refractivity contribution in [2.75, 3.05) is 43.6 Å². The summed E-state index contributed by atoms with van der Waals surface area (Å²) >= 11 is 0. The van der Waals surface area contributed by atoms with Gasteiger partial charge in [-0.05, 0) is 17.7 Å². The maximum absolute atomic E-state index is 5.49. The van der Waals surface area contributed by atoms with Gasteiger partial charge in [-0.15, -0.1) is 0 Å². The summed E-state index contributed by atoms with van der Waals surface area (Å²) in [5, 5.41) is 12.3. The molecule has 10 heteroatoms. The number of hydrogen-bond donors (Lipinski definition) is 1. The fraction of sp³-hybridized carbons (Fsp3) is 0.333. The maximum Gasteiger partial charge on any atom is 0.230 e. The van der Waals surface area contributed by atoms with E-state index in [1.54, 1.807) is 16.3 Å². The van der Waals surface area contributed by atoms with Gasteiger partial charge < -0.3 is 19.7 Å². The van der Waals surface area contributed by atoms with Crippen LogP contribution < -0.4 is 15.0 Å². The quantitative estimate of drug-likeness (QED) is 0.506. The number of aryl methyl sites for hydroxylation is 1. The first-order valence-electron chi connectivity index (χ1n) is 10.2. The van der Waals surface area contributed by atoms with Gasteiger partial charge in [0, 0.05) is 44.0 Å². The first kappa shape index (κ1) is 19.3. The van der Waals surface area contributed by atoms with Crippen molar-refractivity contribution in [1.82, 2.24) is 29.4 Å². The van der Waals surface area contributed by atoms with Crippen molar-refractivity contribution in [2.24, 2.45) is 7.05 Å². The highest BCUT2D eigenvalue weighted by Gasteiger charge is 2.20. The average molecular weight is 420 g/mol. The fourth-order valence-electron chi connectivity index (χ4n) is 3.57. The number of nitrogens with zero attached hydrogens (tertiary/aromatic N) is 7. The Morgan fingerprint density at radius 3 is 2.58 bits per heavy atom. The lowest BCUT2D eigenvalue weighted by atomic mass is 10.2. The third kappa shape index (κ3) is 3.89. The van der Waals surface area contributed by atoms with Gasteiger partial charge in [0.15, 0.2) is 5.65 Å². The molecule has 4 heterocycles. The van der Waals surface area contributed by atoms with Crippen molar-refractivity contribution in [3.63, 3.8) is 0 Å². The molecule has 0 radical (unpaired) electrons. The molecule has 160 valence electrons. The molecule has 1 fully saturated rings. The van der Waals surface area contributed by atoms with Gasteiger partial charge in [-0.3, -0.25) is 4.68 Å². The second kappa shape index (κ2) is 8.23. The number of nitrogens with one attached hydrogen (secondary N) is 1. The molecule has 0 bridgehead atoms. The summed E-state index contributed by atoms with van der Waals surface area (Å²) in [6.45, 7) is 3.44. The van der Waals surface area contributed by atoms with Crippen LogP contribution in [0.15, 0.2) is 42.9 Å². The van der Waals surface area contributed by atoms with Crippen LogP contribution >= 0.6 is 0 Å². The molecule has 0 unspecified atom stereocenters. The maximum atomic E-state index is 5.49. The van der Waals surface area contributed by atoms with Crippen LogP contribution in [-0.4, -0.2) is 62.8 Å². The number of methoxy groups -OCH3 is 1. The number of morpholine rings is 1. The van der Waals surface area contributed by atoms with Crippen molar-refractivity contribution in [2.45, 2.75) is 6.54 Å². The second-order valence-electron chi connectivity index (χ2n) is 7.34. The first-order chi connectivity index (χ1) is 15.2. The minimum absolute atomic E-state index is 0.598. The molecular weight excluding hydrogens is 396 g/mol. The molecule has 0 saturated carbocycles. The zero-order chi connectivity index (χ0) is 21.2. The van der Waals surface area contributed by atoms with Gasteiger partial charge in [0.1, 0.15) is 5.75 Å². The van der Waals surface area contributed by atoms with Crippen molar-refractivity contribution in [3.05, 3.63) is 48.4 Å². The summed E-state index contributed by atoms with van der Waals surface area (Å²) in [6, 6.07) is 7.94. The van der Waals surface area contributed by atoms with Crippen LogP contribution in [0.2, 0.25) is 0 Å². The Morgan fingerprint density at radius 1 is 1.06 bits per heavy atom. The number of rotatable bonds is 6. The summed E-state index contributed by atoms with van der Waals surface area (Å²) in [5.74, 6) is 2.13. The minimum Gasteiger partial charge on any atom is -0.497 e. The molecule has 1 N–H and O–H groups in total. The van der Waals surface area contributed by atoms with Crippen LogP contribution in [0, 0.1) is 0 Å². The van der Waals surface area contributed by atoms with Crippen LogP contribution in [0.4, 0.5) is 11.9 Å². The predicted molar refractivity (Wildman–Crippen MR) is 116 cm³/mol. The average Bonchev–Trinajstić information content (AvgIpc) is 3.44. The van der Waals surface area contributed by atoms with E-state index in [-0.39, 0.29) is 0 Å². The topological polar surface area (TPSA) is 94.6 Å². The molecule has 0 amide bonds. The van der Waals surface area contributed by atoms with Gasteiger partial charge in [-0.25, -0.2) is 0 Å². The van der Waals surface area contributed by atoms with Crippen molar-refractivity contribution < 1.29 is 9.47 Å². The van der Waals surface area contributed by atoms with E-state index in [1.165, 1.54) is 0 Å². The van der Waals surface area contributed by atoms with Gasteiger partial charge in [-0.1, -0.05) is 12.1 Å². The Labute approximate surface area is 179 Å². The van der Waals surface area contributed by atoms with Crippen LogP contribution in [-0.2, 0) is 18.3 Å². The van der Waals surface area contributed by atoms with E-state index >= 15 is 0 Å². The van der Waals surface area contributed by atoms with Crippen LogP contribution in [0.25, 0.3) is 16.8 Å². The highest BCUT2D eigenvalue weighted by Crippen LogP contribution is 2.26. The fourth-order valence-corrected chi connectivity index (χ4v) is 3.57. The molecule has 4 aromatic rings. The predicted octanol–water partition coefficient (Wildman–Crippen LogP) is 1.98. The van der Waals surface area contributed by atoms with Crippen molar-refractivity contribution in [1.29, 1.82) is 0 Å². The van der Waals surface area contributed by atoms with Crippen molar-refractivity contribution >= 4 is 17.5 Å². The second-order valence-corrected chi connectivity index (χ2v) is 7.34. The molecule has 0 atom stereocenters. The summed E-state index contributed by atoms with van der Waals surface area (Å²) in [6.07, 6.45) is 5.58. The standard InChI is InChI=1S/C21H24N8O2/c1-27-14-16(12-23-27)18-13-24-29-19(18)25-21(28-7-9-31-10-8-28)26-20(29)22-11-15-3-5-17(30-2)6-4-15/h3-6,12-14H,7-11H2,1-2H3,(H,22,25,26). The van der Waals surface area contributed by atoms with Crippen LogP contribution in [0.5, 0.6) is 5.75 Å². The molecule has 10 nitrogen and oxygen atoms in total. The number of aromatic nitrogens is 6. The van der Waals surface area contributed by atoms with E-state index in [1.807, 2.05) is 49.9 Å². The lowest BCUT2D eigenvalue weighted by molar-refractivity contribution is 0.122. The van der Waals surface area contributed by atoms with E-state index in [0.29, 0.717) is 31.7 Å². The normalized spacial score (nSPS) is 14.2. The Bertz CT molecular complexity index is 1180. The minimum atomic E-state index is 0.598. The molecule has 1 aliphatic heterocycles. The summed E-state index contributed by atoms with van der Waals surface area (Å²) in [4.78, 5) is 11.8. The smallest absolute Gasteiger partial charge is 0.230 e. The third-order valence-electron chi connectivity index (χ3n) is 5.28. The van der Waals surface area contributed by atoms with E-state index in [9.17, 15) is 0 Å². The lowest BCUT2D eigenvalue weighted by Crippen LogP contribution is -2.37. The summed E-state index contributed by atoms with van der Waals surface area (Å²) < 4.78 is 14.2. The summed E-state index contributed by atoms with van der Waals surface area (Å²) in [5.41, 5.74) is 3.73. The highest BCUT2D eigenvalue weighted by atomic mass is 16.5. The van der Waals surface area contributed by atoms with Gasteiger partial charge in [-0.2, -0.15) is 24.7 Å². The van der Waals surface area contributed by atoms with E-state index in [2.05, 4.69) is 20.4 Å². The van der Waals surface area contributed by atoms with Crippen LogP contribution in [0.3, 0.4) is 0 Å². The molecule has 0 aliphatic carbocycles. The van der Waals surface area contributed by atoms with Gasteiger partial charge in [0.25, 0.3) is 0 Å². The molecule has 3 aromatic heterocycles. The number of hydrogen-bond acceptors (Lipinski definition) is 8. The molecule has 0 spiro atoms. The van der Waals surface area contributed by atoms with Gasteiger partial charge in [0.2, 0.25) is 11.9 Å². The van der Waals surface area contributed by atoms with E-state index in [0.717, 1.165) is 41.2 Å². The highest BCUT2D eigenvalue weighted by molar-refractivity contribution is 5.77. The summed E-state index contributed by atoms with van der Waals surface area (Å²) in [7, 11) is 3.56. The monoisotopic (exact) mass is 420 g/mol. The first-order valence-corrected chi connectivity index (χ1v) is 10.2.